The van der Waals surface area contributed by atoms with E-state index in [2.05, 4.69) is 55.6 Å². The van der Waals surface area contributed by atoms with E-state index in [1.165, 1.54) is 167 Å². The SMILES string of the molecule is CCC/C=C\C/C=C\CCCCCCCC(=O)OCCCCCCCCCCC/C=C\CCCCCCCC(=O)NC(CO)C(O)/C=C/CCCCCCCCCCCCC. The molecule has 3 N–H and O–H groups in total. The van der Waals surface area contributed by atoms with Crippen LogP contribution in [0.2, 0.25) is 0 Å². The van der Waals surface area contributed by atoms with Crippen LogP contribution in [-0.4, -0.2) is 47.4 Å². The number of rotatable bonds is 48. The standard InChI is InChI=1S/C55H101NO5/c1-3-5-7-9-11-13-15-23-27-31-35-39-43-47-53(58)52(51-57)56-54(59)48-44-40-36-32-28-25-21-19-17-18-20-22-26-30-34-38-42-46-50-61-55(60)49-45-41-37-33-29-24-16-14-12-10-8-6-4-2/h8,10,14,16,19,21,43,47,52-53,57-58H,3-7,9,11-13,15,17-18,20,22-42,44-46,48-51H2,1-2H3,(H,56,59)/b10-8-,16-14-,21-19-,47-43+. The average molecular weight is 856 g/mol. The predicted octanol–water partition coefficient (Wildman–Crippen LogP) is 15.8. The number of esters is 1. The third-order valence-electron chi connectivity index (χ3n) is 11.8. The predicted molar refractivity (Wildman–Crippen MR) is 264 cm³/mol. The molecule has 2 atom stereocenters. The van der Waals surface area contributed by atoms with Gasteiger partial charge in [-0.3, -0.25) is 9.59 Å². The summed E-state index contributed by atoms with van der Waals surface area (Å²) in [5.74, 6) is -0.0984. The Morgan fingerprint density at radius 3 is 1.33 bits per heavy atom. The van der Waals surface area contributed by atoms with Crippen LogP contribution in [0.25, 0.3) is 0 Å². The van der Waals surface area contributed by atoms with Gasteiger partial charge in [0.1, 0.15) is 0 Å². The quantitative estimate of drug-likeness (QED) is 0.0322. The van der Waals surface area contributed by atoms with Gasteiger partial charge in [0.05, 0.1) is 25.4 Å². The molecule has 0 aliphatic heterocycles. The van der Waals surface area contributed by atoms with Crippen molar-refractivity contribution in [1.82, 2.24) is 5.32 Å². The Morgan fingerprint density at radius 2 is 0.852 bits per heavy atom. The molecule has 0 radical (unpaired) electrons. The number of unbranched alkanes of at least 4 members (excludes halogenated alkanes) is 31. The van der Waals surface area contributed by atoms with E-state index in [-0.39, 0.29) is 18.5 Å². The summed E-state index contributed by atoms with van der Waals surface area (Å²) in [6.07, 6.45) is 62.6. The van der Waals surface area contributed by atoms with Gasteiger partial charge < -0.3 is 20.3 Å². The molecule has 0 bridgehead atoms. The van der Waals surface area contributed by atoms with E-state index >= 15 is 0 Å². The zero-order chi connectivity index (χ0) is 44.4. The number of hydrogen-bond donors (Lipinski definition) is 3. The first-order valence-corrected chi connectivity index (χ1v) is 26.4. The summed E-state index contributed by atoms with van der Waals surface area (Å²) >= 11 is 0. The lowest BCUT2D eigenvalue weighted by molar-refractivity contribution is -0.143. The molecule has 0 aromatic rings. The van der Waals surface area contributed by atoms with Crippen molar-refractivity contribution in [3.8, 4) is 0 Å². The van der Waals surface area contributed by atoms with Crippen LogP contribution >= 0.6 is 0 Å². The maximum Gasteiger partial charge on any atom is 0.305 e. The molecular formula is C55H101NO5. The molecule has 0 aromatic carbocycles. The lowest BCUT2D eigenvalue weighted by atomic mass is 10.0. The Kier molecular flexibility index (Phi) is 48.7. The molecular weight excluding hydrogens is 755 g/mol. The fourth-order valence-electron chi connectivity index (χ4n) is 7.72. The summed E-state index contributed by atoms with van der Waals surface area (Å²) < 4.78 is 5.45. The smallest absolute Gasteiger partial charge is 0.305 e. The summed E-state index contributed by atoms with van der Waals surface area (Å²) in [6.45, 7) is 4.80. The van der Waals surface area contributed by atoms with Gasteiger partial charge in [-0.05, 0) is 83.5 Å². The second kappa shape index (κ2) is 50.5. The first-order valence-electron chi connectivity index (χ1n) is 26.4. The van der Waals surface area contributed by atoms with Gasteiger partial charge in [-0.15, -0.1) is 0 Å². The Balaban J connectivity index is 3.49. The van der Waals surface area contributed by atoms with E-state index in [4.69, 9.17) is 4.74 Å². The molecule has 0 heterocycles. The lowest BCUT2D eigenvalue weighted by Gasteiger charge is -2.20. The maximum absolute atomic E-state index is 12.4. The van der Waals surface area contributed by atoms with E-state index in [9.17, 15) is 19.8 Å². The van der Waals surface area contributed by atoms with Crippen molar-refractivity contribution in [3.05, 3.63) is 48.6 Å². The fourth-order valence-corrected chi connectivity index (χ4v) is 7.72. The number of amides is 1. The summed E-state index contributed by atoms with van der Waals surface area (Å²) in [4.78, 5) is 24.4. The second-order valence-electron chi connectivity index (χ2n) is 17.8. The van der Waals surface area contributed by atoms with E-state index in [1.807, 2.05) is 6.08 Å². The summed E-state index contributed by atoms with van der Waals surface area (Å²) in [7, 11) is 0. The molecule has 6 heteroatoms. The van der Waals surface area contributed by atoms with Crippen molar-refractivity contribution in [2.24, 2.45) is 0 Å². The number of aliphatic hydroxyl groups excluding tert-OH is 2. The normalized spacial score (nSPS) is 13.0. The first kappa shape index (κ1) is 58.8. The summed E-state index contributed by atoms with van der Waals surface area (Å²) in [6, 6.07) is -0.638. The lowest BCUT2D eigenvalue weighted by Crippen LogP contribution is -2.45. The molecule has 356 valence electrons. The highest BCUT2D eigenvalue weighted by molar-refractivity contribution is 5.76. The number of aliphatic hydroxyl groups is 2. The van der Waals surface area contributed by atoms with Crippen molar-refractivity contribution in [1.29, 1.82) is 0 Å². The van der Waals surface area contributed by atoms with Gasteiger partial charge in [0, 0.05) is 12.8 Å². The number of ether oxygens (including phenoxy) is 1. The van der Waals surface area contributed by atoms with Crippen molar-refractivity contribution in [2.45, 2.75) is 276 Å². The van der Waals surface area contributed by atoms with Gasteiger partial charge >= 0.3 is 5.97 Å². The highest BCUT2D eigenvalue weighted by Crippen LogP contribution is 2.15. The Morgan fingerprint density at radius 1 is 0.459 bits per heavy atom. The number of allylic oxidation sites excluding steroid dienone is 7. The van der Waals surface area contributed by atoms with Gasteiger partial charge in [-0.1, -0.05) is 217 Å². The van der Waals surface area contributed by atoms with Gasteiger partial charge in [-0.2, -0.15) is 0 Å². The second-order valence-corrected chi connectivity index (χ2v) is 17.8. The van der Waals surface area contributed by atoms with Crippen LogP contribution in [0.1, 0.15) is 264 Å². The van der Waals surface area contributed by atoms with Crippen LogP contribution < -0.4 is 5.32 Å². The number of nitrogens with one attached hydrogen (secondary N) is 1. The van der Waals surface area contributed by atoms with Crippen molar-refractivity contribution in [2.75, 3.05) is 13.2 Å². The van der Waals surface area contributed by atoms with E-state index < -0.39 is 12.1 Å². The van der Waals surface area contributed by atoms with Gasteiger partial charge in [0.15, 0.2) is 0 Å². The van der Waals surface area contributed by atoms with Crippen LogP contribution in [0, 0.1) is 0 Å². The minimum atomic E-state index is -0.853. The van der Waals surface area contributed by atoms with Gasteiger partial charge in [-0.25, -0.2) is 0 Å². The third kappa shape index (κ3) is 47.1. The molecule has 0 saturated heterocycles. The number of carbonyl (C=O) groups excluding carboxylic acids is 2. The highest BCUT2D eigenvalue weighted by atomic mass is 16.5. The van der Waals surface area contributed by atoms with E-state index in [0.29, 0.717) is 19.4 Å². The molecule has 0 fully saturated rings. The molecule has 2 unspecified atom stereocenters. The summed E-state index contributed by atoms with van der Waals surface area (Å²) in [5, 5.41) is 23.0. The Bertz CT molecular complexity index is 1040. The van der Waals surface area contributed by atoms with Crippen molar-refractivity contribution >= 4 is 11.9 Å². The van der Waals surface area contributed by atoms with Crippen LogP contribution in [0.15, 0.2) is 48.6 Å². The number of hydrogen-bond acceptors (Lipinski definition) is 5. The van der Waals surface area contributed by atoms with E-state index in [1.54, 1.807) is 6.08 Å². The third-order valence-corrected chi connectivity index (χ3v) is 11.8. The molecule has 1 amide bonds. The van der Waals surface area contributed by atoms with E-state index in [0.717, 1.165) is 70.6 Å². The minimum absolute atomic E-state index is 0.0142. The zero-order valence-corrected chi connectivity index (χ0v) is 40.4. The highest BCUT2D eigenvalue weighted by Gasteiger charge is 2.18. The van der Waals surface area contributed by atoms with Gasteiger partial charge in [0.2, 0.25) is 5.91 Å². The number of carbonyl (C=O) groups is 2. The fraction of sp³-hybridized carbons (Fsp3) is 0.818. The molecule has 0 aromatic heterocycles. The molecule has 6 nitrogen and oxygen atoms in total. The van der Waals surface area contributed by atoms with Crippen LogP contribution in [0.4, 0.5) is 0 Å². The van der Waals surface area contributed by atoms with Crippen LogP contribution in [0.5, 0.6) is 0 Å². The van der Waals surface area contributed by atoms with Crippen molar-refractivity contribution < 1.29 is 24.5 Å². The average Bonchev–Trinajstić information content (AvgIpc) is 3.26. The maximum atomic E-state index is 12.4. The minimum Gasteiger partial charge on any atom is -0.466 e. The van der Waals surface area contributed by atoms with Gasteiger partial charge in [0.25, 0.3) is 0 Å². The van der Waals surface area contributed by atoms with Crippen molar-refractivity contribution in [3.63, 3.8) is 0 Å². The molecule has 0 aliphatic carbocycles. The Hall–Kier alpha value is -2.18. The van der Waals surface area contributed by atoms with Crippen LogP contribution in [-0.2, 0) is 14.3 Å². The molecule has 0 aliphatic rings. The van der Waals surface area contributed by atoms with Crippen LogP contribution in [0.3, 0.4) is 0 Å². The summed E-state index contributed by atoms with van der Waals surface area (Å²) in [5.41, 5.74) is 0. The largest absolute Gasteiger partial charge is 0.466 e. The molecule has 61 heavy (non-hydrogen) atoms. The first-order chi connectivity index (χ1) is 30.0. The Labute approximate surface area is 378 Å². The zero-order valence-electron chi connectivity index (χ0n) is 40.4. The topological polar surface area (TPSA) is 95.9 Å². The molecule has 0 spiro atoms. The molecule has 0 rings (SSSR count). The monoisotopic (exact) mass is 856 g/mol. The molecule has 0 saturated carbocycles.